The Bertz CT molecular complexity index is 776. The van der Waals surface area contributed by atoms with Crippen molar-refractivity contribution in [3.63, 3.8) is 0 Å². The SMILES string of the molecule is CCCCCCCCCc1ccc(OP([O-])(=S)Sc2ccc(CCCCCCCCC)cc2)cc1.[Zn]. The first-order valence-electron chi connectivity index (χ1n) is 13.9. The fourth-order valence-corrected chi connectivity index (χ4v) is 7.76. The molecule has 0 N–H and O–H groups in total. The maximum absolute atomic E-state index is 12.9. The summed E-state index contributed by atoms with van der Waals surface area (Å²) in [6.07, 6.45) is 20.7. The Hall–Kier alpha value is -0.177. The molecule has 2 aromatic carbocycles. The summed E-state index contributed by atoms with van der Waals surface area (Å²) < 4.78 is 5.72. The molecule has 0 saturated carbocycles. The molecule has 0 heterocycles. The zero-order valence-corrected chi connectivity index (χ0v) is 28.2. The van der Waals surface area contributed by atoms with Crippen molar-refractivity contribution in [3.8, 4) is 5.75 Å². The number of rotatable bonds is 20. The van der Waals surface area contributed by atoms with Crippen LogP contribution in [-0.2, 0) is 44.1 Å². The minimum absolute atomic E-state index is 0. The van der Waals surface area contributed by atoms with Gasteiger partial charge in [0.15, 0.2) is 0 Å². The van der Waals surface area contributed by atoms with Gasteiger partial charge < -0.3 is 9.42 Å². The van der Waals surface area contributed by atoms with Gasteiger partial charge in [0.2, 0.25) is 0 Å². The normalized spacial score (nSPS) is 12.6. The molecule has 1 atom stereocenters. The van der Waals surface area contributed by atoms with Crippen molar-refractivity contribution < 1.29 is 28.9 Å². The predicted molar refractivity (Wildman–Crippen MR) is 157 cm³/mol. The molecule has 6 heteroatoms. The van der Waals surface area contributed by atoms with E-state index in [9.17, 15) is 4.89 Å². The van der Waals surface area contributed by atoms with Crippen molar-refractivity contribution in [2.24, 2.45) is 0 Å². The smallest absolute Gasteiger partial charge is 0.123 e. The fraction of sp³-hybridized carbons (Fsp3) is 0.600. The molecule has 0 saturated heterocycles. The number of benzene rings is 2. The molecule has 0 fully saturated rings. The second kappa shape index (κ2) is 20.7. The number of hydrogen-bond donors (Lipinski definition) is 0. The average molecular weight is 599 g/mol. The molecule has 0 bridgehead atoms. The summed E-state index contributed by atoms with van der Waals surface area (Å²) in [4.78, 5) is 13.8. The first-order valence-corrected chi connectivity index (χ1v) is 18.0. The minimum atomic E-state index is -3.25. The van der Waals surface area contributed by atoms with Crippen molar-refractivity contribution in [1.82, 2.24) is 0 Å². The molecule has 1 unspecified atom stereocenters. The summed E-state index contributed by atoms with van der Waals surface area (Å²) in [5.74, 6) is 0.592. The summed E-state index contributed by atoms with van der Waals surface area (Å²) in [5, 5.41) is 0. The third kappa shape index (κ3) is 15.9. The molecule has 0 aliphatic carbocycles. The number of unbranched alkanes of at least 4 members (excludes halogenated alkanes) is 12. The Morgan fingerprint density at radius 2 is 1.03 bits per heavy atom. The Balaban J connectivity index is 0.00000648. The molecule has 2 aromatic rings. The van der Waals surface area contributed by atoms with E-state index in [0.717, 1.165) is 17.7 Å². The van der Waals surface area contributed by atoms with Gasteiger partial charge in [-0.1, -0.05) is 138 Å². The molecule has 2 rings (SSSR count). The van der Waals surface area contributed by atoms with E-state index in [1.165, 1.54) is 112 Å². The standard InChI is InChI=1S/C30H47O2PS2.Zn/c1-3-5-7-9-11-13-15-17-27-19-23-29(24-20-27)32-33(31,34)35-30-25-21-28(22-26-30)18-16-14-12-10-8-6-4-2;/h19-26H,3-18H2,1-2H3,(H,31,34);/p-1. The van der Waals surface area contributed by atoms with E-state index in [1.807, 2.05) is 24.3 Å². The molecule has 198 valence electrons. The van der Waals surface area contributed by atoms with Gasteiger partial charge in [0, 0.05) is 24.4 Å². The molecule has 0 amide bonds. The minimum Gasteiger partial charge on any atom is -0.783 e. The Kier molecular flexibility index (Phi) is 19.5. The van der Waals surface area contributed by atoms with Crippen LogP contribution in [0.5, 0.6) is 5.75 Å². The molecule has 36 heavy (non-hydrogen) atoms. The van der Waals surface area contributed by atoms with Gasteiger partial charge in [-0.2, -0.15) is 0 Å². The molecule has 2 nitrogen and oxygen atoms in total. The number of aryl methyl sites for hydroxylation is 2. The zero-order chi connectivity index (χ0) is 25.2. The summed E-state index contributed by atoms with van der Waals surface area (Å²) in [6, 6.07) is 16.3. The predicted octanol–water partition coefficient (Wildman–Crippen LogP) is 10.0. The van der Waals surface area contributed by atoms with Gasteiger partial charge in [0.25, 0.3) is 0 Å². The average Bonchev–Trinajstić information content (AvgIpc) is 2.84. The van der Waals surface area contributed by atoms with Gasteiger partial charge in [0.05, 0.1) is 0 Å². The third-order valence-electron chi connectivity index (χ3n) is 6.42. The van der Waals surface area contributed by atoms with Crippen molar-refractivity contribution in [2.45, 2.75) is 121 Å². The van der Waals surface area contributed by atoms with Crippen LogP contribution in [0, 0.1) is 0 Å². The van der Waals surface area contributed by atoms with E-state index >= 15 is 0 Å². The van der Waals surface area contributed by atoms with Crippen LogP contribution in [0.1, 0.15) is 115 Å². The quantitative estimate of drug-likeness (QED) is 0.0862. The summed E-state index contributed by atoms with van der Waals surface area (Å²) in [6.45, 7) is 4.51. The van der Waals surface area contributed by atoms with Crippen molar-refractivity contribution in [3.05, 3.63) is 59.7 Å². The fourth-order valence-electron chi connectivity index (χ4n) is 4.28. The van der Waals surface area contributed by atoms with E-state index in [-0.39, 0.29) is 19.5 Å². The van der Waals surface area contributed by atoms with E-state index in [2.05, 4.69) is 38.1 Å². The van der Waals surface area contributed by atoms with Gasteiger partial charge >= 0.3 is 0 Å². The van der Waals surface area contributed by atoms with E-state index in [0.29, 0.717) is 5.75 Å². The molecular weight excluding hydrogens is 553 g/mol. The number of hydrogen-bond acceptors (Lipinski definition) is 4. The Labute approximate surface area is 243 Å². The van der Waals surface area contributed by atoms with Gasteiger partial charge in [-0.25, -0.2) is 0 Å². The van der Waals surface area contributed by atoms with Crippen LogP contribution in [0.3, 0.4) is 0 Å². The van der Waals surface area contributed by atoms with Crippen LogP contribution >= 0.6 is 17.1 Å². The van der Waals surface area contributed by atoms with Crippen LogP contribution in [0.15, 0.2) is 53.4 Å². The van der Waals surface area contributed by atoms with Crippen molar-refractivity contribution in [2.75, 3.05) is 0 Å². The molecule has 0 spiro atoms. The second-order valence-corrected chi connectivity index (χ2v) is 15.5. The van der Waals surface area contributed by atoms with Crippen molar-refractivity contribution in [1.29, 1.82) is 0 Å². The van der Waals surface area contributed by atoms with Gasteiger partial charge in [-0.3, -0.25) is 0 Å². The Morgan fingerprint density at radius 1 is 0.639 bits per heavy atom. The summed E-state index contributed by atoms with van der Waals surface area (Å²) in [5.41, 5.74) is -0.613. The van der Waals surface area contributed by atoms with Crippen LogP contribution in [0.2, 0.25) is 0 Å². The van der Waals surface area contributed by atoms with Crippen molar-refractivity contribution >= 4 is 28.9 Å². The van der Waals surface area contributed by atoms with E-state index < -0.39 is 5.69 Å². The molecule has 0 aromatic heterocycles. The zero-order valence-electron chi connectivity index (χ0n) is 22.7. The molecular formula is C30H46O2PS2Zn-. The van der Waals surface area contributed by atoms with E-state index in [4.69, 9.17) is 16.3 Å². The first kappa shape index (κ1) is 33.9. The van der Waals surface area contributed by atoms with Crippen LogP contribution < -0.4 is 9.42 Å². The molecule has 0 radical (unpaired) electrons. The van der Waals surface area contributed by atoms with Crippen LogP contribution in [0.4, 0.5) is 0 Å². The Morgan fingerprint density at radius 3 is 1.47 bits per heavy atom. The maximum Gasteiger partial charge on any atom is 0.123 e. The third-order valence-corrected chi connectivity index (χ3v) is 9.98. The largest absolute Gasteiger partial charge is 0.783 e. The maximum atomic E-state index is 12.9. The monoisotopic (exact) mass is 597 g/mol. The van der Waals surface area contributed by atoms with Gasteiger partial charge in [-0.15, -0.1) is 0 Å². The molecule has 0 aliphatic rings. The summed E-state index contributed by atoms with van der Waals surface area (Å²) in [7, 11) is 0. The topological polar surface area (TPSA) is 32.3 Å². The van der Waals surface area contributed by atoms with Gasteiger partial charge in [-0.05, 0) is 61.1 Å². The first-order chi connectivity index (χ1) is 17.0. The van der Waals surface area contributed by atoms with Gasteiger partial charge in [0.1, 0.15) is 11.4 Å². The molecule has 0 aliphatic heterocycles. The van der Waals surface area contributed by atoms with Crippen LogP contribution in [-0.4, -0.2) is 0 Å². The summed E-state index contributed by atoms with van der Waals surface area (Å²) >= 11 is 6.49. The van der Waals surface area contributed by atoms with E-state index in [1.54, 1.807) is 0 Å². The second-order valence-electron chi connectivity index (χ2n) is 9.66. The van der Waals surface area contributed by atoms with Crippen LogP contribution in [0.25, 0.3) is 0 Å².